The number of nitrogen functional groups attached to an aromatic ring is 1. The fourth-order valence-corrected chi connectivity index (χ4v) is 1.92. The van der Waals surface area contributed by atoms with Crippen molar-refractivity contribution in [2.24, 2.45) is 0 Å². The molecule has 1 amide bonds. The van der Waals surface area contributed by atoms with Crippen molar-refractivity contribution in [3.8, 4) is 0 Å². The maximum Gasteiger partial charge on any atom is 0.229 e. The Morgan fingerprint density at radius 3 is 2.87 bits per heavy atom. The van der Waals surface area contributed by atoms with Crippen LogP contribution in [0.1, 0.15) is 6.42 Å². The Morgan fingerprint density at radius 2 is 2.33 bits per heavy atom. The average molecular weight is 272 g/mol. The fourth-order valence-electron chi connectivity index (χ4n) is 1.59. The third-order valence-corrected chi connectivity index (χ3v) is 2.71. The van der Waals surface area contributed by atoms with Crippen molar-refractivity contribution in [2.75, 3.05) is 17.2 Å². The zero-order valence-corrected chi connectivity index (χ0v) is 9.44. The van der Waals surface area contributed by atoms with Crippen LogP contribution in [0, 0.1) is 0 Å². The minimum absolute atomic E-state index is 0.127. The summed E-state index contributed by atoms with van der Waals surface area (Å²) in [5, 5.41) is 9.34. The number of aliphatic hydroxyl groups is 1. The van der Waals surface area contributed by atoms with Gasteiger partial charge < -0.3 is 15.7 Å². The highest BCUT2D eigenvalue weighted by Gasteiger charge is 2.30. The van der Waals surface area contributed by atoms with E-state index in [1.807, 2.05) is 0 Å². The van der Waals surface area contributed by atoms with Crippen molar-refractivity contribution in [2.45, 2.75) is 12.5 Å². The molecule has 5 nitrogen and oxygen atoms in total. The number of β-amino-alcohol motifs (C(OH)–C–C–N with tert-alkyl or cyclic N) is 1. The molecule has 6 heteroatoms. The summed E-state index contributed by atoms with van der Waals surface area (Å²) in [6.07, 6.45) is -0.462. The number of rotatable bonds is 1. The highest BCUT2D eigenvalue weighted by Crippen LogP contribution is 2.27. The molecule has 1 saturated heterocycles. The smallest absolute Gasteiger partial charge is 0.229 e. The van der Waals surface area contributed by atoms with Gasteiger partial charge in [-0.1, -0.05) is 0 Å². The van der Waals surface area contributed by atoms with E-state index in [-0.39, 0.29) is 24.7 Å². The largest absolute Gasteiger partial charge is 0.391 e. The Hall–Kier alpha value is -1.14. The lowest BCUT2D eigenvalue weighted by Gasteiger charge is -2.17. The summed E-state index contributed by atoms with van der Waals surface area (Å²) in [4.78, 5) is 16.9. The van der Waals surface area contributed by atoms with Crippen molar-refractivity contribution in [3.05, 3.63) is 16.7 Å². The maximum absolute atomic E-state index is 11.5. The van der Waals surface area contributed by atoms with Gasteiger partial charge in [0.2, 0.25) is 5.91 Å². The molecular formula is C9H10BrN3O2. The van der Waals surface area contributed by atoms with Gasteiger partial charge in [-0.3, -0.25) is 4.79 Å². The molecular weight excluding hydrogens is 262 g/mol. The van der Waals surface area contributed by atoms with E-state index >= 15 is 0 Å². The van der Waals surface area contributed by atoms with E-state index in [4.69, 9.17) is 5.73 Å². The zero-order valence-electron chi connectivity index (χ0n) is 7.85. The van der Waals surface area contributed by atoms with E-state index in [1.165, 1.54) is 4.90 Å². The number of pyridine rings is 1. The van der Waals surface area contributed by atoms with Gasteiger partial charge in [0.25, 0.3) is 0 Å². The molecule has 80 valence electrons. The van der Waals surface area contributed by atoms with Gasteiger partial charge in [0.1, 0.15) is 10.4 Å². The molecule has 0 bridgehead atoms. The Kier molecular flexibility index (Phi) is 2.62. The highest BCUT2D eigenvalue weighted by atomic mass is 79.9. The van der Waals surface area contributed by atoms with E-state index < -0.39 is 6.10 Å². The molecule has 2 heterocycles. The maximum atomic E-state index is 11.5. The summed E-state index contributed by atoms with van der Waals surface area (Å²) < 4.78 is 0.621. The molecule has 0 spiro atoms. The number of nitrogens with two attached hydrogens (primary N) is 1. The molecule has 1 aromatic heterocycles. The second-order valence-electron chi connectivity index (χ2n) is 3.40. The van der Waals surface area contributed by atoms with Crippen LogP contribution in [0.15, 0.2) is 16.7 Å². The van der Waals surface area contributed by atoms with Gasteiger partial charge in [-0.2, -0.15) is 0 Å². The molecule has 1 atom stereocenters. The first-order valence-electron chi connectivity index (χ1n) is 4.48. The van der Waals surface area contributed by atoms with E-state index in [9.17, 15) is 9.90 Å². The second kappa shape index (κ2) is 3.79. The first-order valence-corrected chi connectivity index (χ1v) is 5.27. The fraction of sp³-hybridized carbons (Fsp3) is 0.333. The number of hydrogen-bond donors (Lipinski definition) is 2. The molecule has 1 aliphatic rings. The highest BCUT2D eigenvalue weighted by molar-refractivity contribution is 9.10. The molecule has 1 unspecified atom stereocenters. The Bertz CT molecular complexity index is 410. The number of anilines is 2. The van der Waals surface area contributed by atoms with Crippen LogP contribution in [0.3, 0.4) is 0 Å². The van der Waals surface area contributed by atoms with E-state index in [0.29, 0.717) is 10.3 Å². The van der Waals surface area contributed by atoms with Crippen LogP contribution < -0.4 is 10.6 Å². The number of aromatic nitrogens is 1. The zero-order chi connectivity index (χ0) is 11.0. The monoisotopic (exact) mass is 271 g/mol. The number of halogens is 1. The standard InChI is InChI=1S/C9H10BrN3O2/c10-7-2-1-6(9(11)12-7)13-4-5(14)3-8(13)15/h1-2,5,14H,3-4H2,(H2,11,12). The van der Waals surface area contributed by atoms with Crippen molar-refractivity contribution in [1.29, 1.82) is 0 Å². The van der Waals surface area contributed by atoms with Crippen LogP contribution >= 0.6 is 15.9 Å². The van der Waals surface area contributed by atoms with Gasteiger partial charge >= 0.3 is 0 Å². The molecule has 2 rings (SSSR count). The predicted molar refractivity (Wildman–Crippen MR) is 59.3 cm³/mol. The molecule has 1 aromatic rings. The number of amides is 1. The Balaban J connectivity index is 2.34. The summed E-state index contributed by atoms with van der Waals surface area (Å²) in [6, 6.07) is 3.42. The summed E-state index contributed by atoms with van der Waals surface area (Å²) in [5.74, 6) is 0.158. The van der Waals surface area contributed by atoms with Crippen molar-refractivity contribution < 1.29 is 9.90 Å². The molecule has 15 heavy (non-hydrogen) atoms. The molecule has 0 aliphatic carbocycles. The van der Waals surface area contributed by atoms with Crippen LogP contribution in [0.2, 0.25) is 0 Å². The lowest BCUT2D eigenvalue weighted by atomic mass is 10.3. The van der Waals surface area contributed by atoms with Crippen molar-refractivity contribution >= 4 is 33.3 Å². The molecule has 1 aliphatic heterocycles. The molecule has 0 aromatic carbocycles. The lowest BCUT2D eigenvalue weighted by Crippen LogP contribution is -2.26. The van der Waals surface area contributed by atoms with Gasteiger partial charge in [-0.05, 0) is 28.1 Å². The quantitative estimate of drug-likeness (QED) is 0.730. The van der Waals surface area contributed by atoms with Crippen LogP contribution in [0.5, 0.6) is 0 Å². The number of carbonyl (C=O) groups excluding carboxylic acids is 1. The summed E-state index contributed by atoms with van der Waals surface area (Å²) in [7, 11) is 0. The first-order chi connectivity index (χ1) is 7.08. The SMILES string of the molecule is Nc1nc(Br)ccc1N1CC(O)CC1=O. The molecule has 0 radical (unpaired) electrons. The Labute approximate surface area is 95.0 Å². The van der Waals surface area contributed by atoms with Gasteiger partial charge in [-0.25, -0.2) is 4.98 Å². The van der Waals surface area contributed by atoms with Crippen LogP contribution in [0.25, 0.3) is 0 Å². The summed E-state index contributed by atoms with van der Waals surface area (Å²) >= 11 is 3.19. The van der Waals surface area contributed by atoms with E-state index in [0.717, 1.165) is 0 Å². The number of nitrogens with zero attached hydrogens (tertiary/aromatic N) is 2. The third kappa shape index (κ3) is 1.95. The van der Waals surface area contributed by atoms with Gasteiger partial charge in [0.15, 0.2) is 0 Å². The molecule has 1 fully saturated rings. The average Bonchev–Trinajstić information content (AvgIpc) is 2.45. The third-order valence-electron chi connectivity index (χ3n) is 2.26. The van der Waals surface area contributed by atoms with E-state index in [1.54, 1.807) is 12.1 Å². The van der Waals surface area contributed by atoms with Crippen LogP contribution in [-0.4, -0.2) is 28.6 Å². The molecule has 0 saturated carbocycles. The number of hydrogen-bond acceptors (Lipinski definition) is 4. The summed E-state index contributed by atoms with van der Waals surface area (Å²) in [5.41, 5.74) is 6.25. The predicted octanol–water partition coefficient (Wildman–Crippen LogP) is 0.524. The van der Waals surface area contributed by atoms with Gasteiger partial charge in [0.05, 0.1) is 24.8 Å². The second-order valence-corrected chi connectivity index (χ2v) is 4.21. The minimum atomic E-state index is -0.611. The number of carbonyl (C=O) groups is 1. The first kappa shape index (κ1) is 10.4. The van der Waals surface area contributed by atoms with Gasteiger partial charge in [0, 0.05) is 0 Å². The normalized spacial score (nSPS) is 21.1. The van der Waals surface area contributed by atoms with Crippen molar-refractivity contribution in [1.82, 2.24) is 4.98 Å². The molecule has 3 N–H and O–H groups in total. The van der Waals surface area contributed by atoms with E-state index in [2.05, 4.69) is 20.9 Å². The van der Waals surface area contributed by atoms with Crippen LogP contribution in [0.4, 0.5) is 11.5 Å². The topological polar surface area (TPSA) is 79.4 Å². The van der Waals surface area contributed by atoms with Crippen LogP contribution in [-0.2, 0) is 4.79 Å². The number of aliphatic hydroxyl groups excluding tert-OH is 1. The van der Waals surface area contributed by atoms with Gasteiger partial charge in [-0.15, -0.1) is 0 Å². The Morgan fingerprint density at radius 1 is 1.60 bits per heavy atom. The summed E-state index contributed by atoms with van der Waals surface area (Å²) in [6.45, 7) is 0.284. The van der Waals surface area contributed by atoms with Crippen molar-refractivity contribution in [3.63, 3.8) is 0 Å². The lowest BCUT2D eigenvalue weighted by molar-refractivity contribution is -0.117. The minimum Gasteiger partial charge on any atom is -0.391 e.